The number of imidazole rings is 1. The Morgan fingerprint density at radius 1 is 1.21 bits per heavy atom. The van der Waals surface area contributed by atoms with Crippen molar-refractivity contribution in [3.05, 3.63) is 83.7 Å². The monoisotopic (exact) mass is 379 g/mol. The first kappa shape index (κ1) is 18.7. The van der Waals surface area contributed by atoms with Crippen molar-refractivity contribution in [2.75, 3.05) is 6.54 Å². The summed E-state index contributed by atoms with van der Waals surface area (Å²) >= 11 is 0. The Hall–Kier alpha value is -2.66. The maximum Gasteiger partial charge on any atom is 0.127 e. The first-order valence-corrected chi connectivity index (χ1v) is 9.87. The Morgan fingerprint density at radius 2 is 2.11 bits per heavy atom. The fourth-order valence-corrected chi connectivity index (χ4v) is 3.81. The van der Waals surface area contributed by atoms with E-state index in [9.17, 15) is 4.39 Å². The van der Waals surface area contributed by atoms with Crippen LogP contribution in [-0.4, -0.2) is 27.1 Å². The number of aromatic nitrogens is 2. The van der Waals surface area contributed by atoms with Crippen LogP contribution < -0.4 is 4.74 Å². The number of hydrogen-bond donors (Lipinski definition) is 0. The summed E-state index contributed by atoms with van der Waals surface area (Å²) in [6.45, 7) is 5.28. The van der Waals surface area contributed by atoms with Gasteiger partial charge in [-0.05, 0) is 36.6 Å². The van der Waals surface area contributed by atoms with Gasteiger partial charge in [0.05, 0.1) is 6.33 Å². The van der Waals surface area contributed by atoms with Crippen molar-refractivity contribution in [3.8, 4) is 5.75 Å². The largest absolute Gasteiger partial charge is 0.490 e. The Morgan fingerprint density at radius 3 is 2.93 bits per heavy atom. The van der Waals surface area contributed by atoms with Crippen molar-refractivity contribution in [1.29, 1.82) is 0 Å². The second-order valence-corrected chi connectivity index (χ2v) is 7.53. The van der Waals surface area contributed by atoms with Gasteiger partial charge < -0.3 is 9.30 Å². The second kappa shape index (κ2) is 8.57. The number of ether oxygens (including phenoxy) is 1. The zero-order valence-electron chi connectivity index (χ0n) is 16.2. The number of rotatable bonds is 8. The number of halogens is 1. The molecule has 3 aromatic rings. The summed E-state index contributed by atoms with van der Waals surface area (Å²) in [5, 5.41) is 0. The Kier molecular flexibility index (Phi) is 5.72. The molecular formula is C23H26FN3O. The fraction of sp³-hybridized carbons (Fsp3) is 0.348. The highest BCUT2D eigenvalue weighted by Crippen LogP contribution is 2.30. The Labute approximate surface area is 165 Å². The molecule has 1 aliphatic rings. The average Bonchev–Trinajstić information content (AvgIpc) is 3.31. The summed E-state index contributed by atoms with van der Waals surface area (Å²) < 4.78 is 22.1. The molecule has 0 aliphatic carbocycles. The maximum atomic E-state index is 14.2. The molecule has 2 heterocycles. The fourth-order valence-electron chi connectivity index (χ4n) is 3.81. The predicted octanol–water partition coefficient (Wildman–Crippen LogP) is 4.44. The molecule has 1 aromatic heterocycles. The third-order valence-electron chi connectivity index (χ3n) is 5.17. The lowest BCUT2D eigenvalue weighted by molar-refractivity contribution is 0.245. The highest BCUT2D eigenvalue weighted by molar-refractivity contribution is 5.40. The van der Waals surface area contributed by atoms with Gasteiger partial charge in [-0.15, -0.1) is 0 Å². The molecule has 0 spiro atoms. The van der Waals surface area contributed by atoms with Gasteiger partial charge in [0.1, 0.15) is 17.7 Å². The molecule has 5 heteroatoms. The van der Waals surface area contributed by atoms with E-state index in [2.05, 4.69) is 39.6 Å². The SMILES string of the molecule is CC1Cc2cc(CN(CCCn3ccnc3)Cc3ccccc3F)ccc2O1. The zero-order valence-corrected chi connectivity index (χ0v) is 16.2. The maximum absolute atomic E-state index is 14.2. The number of aryl methyl sites for hydroxylation is 1. The van der Waals surface area contributed by atoms with Crippen LogP contribution in [0.2, 0.25) is 0 Å². The van der Waals surface area contributed by atoms with Crippen molar-refractivity contribution < 1.29 is 9.13 Å². The van der Waals surface area contributed by atoms with Gasteiger partial charge in [-0.3, -0.25) is 4.90 Å². The molecule has 0 saturated heterocycles. The highest BCUT2D eigenvalue weighted by atomic mass is 19.1. The van der Waals surface area contributed by atoms with Crippen molar-refractivity contribution in [1.82, 2.24) is 14.5 Å². The third-order valence-corrected chi connectivity index (χ3v) is 5.17. The van der Waals surface area contributed by atoms with E-state index in [1.54, 1.807) is 12.3 Å². The second-order valence-electron chi connectivity index (χ2n) is 7.53. The predicted molar refractivity (Wildman–Crippen MR) is 108 cm³/mol. The van der Waals surface area contributed by atoms with Crippen LogP contribution >= 0.6 is 0 Å². The standard InChI is InChI=1S/C23H26FN3O/c1-18-13-21-14-19(7-8-23(21)28-18)15-27(11-4-10-26-12-9-25-17-26)16-20-5-2-3-6-22(20)24/h2-3,5-9,12,14,17-18H,4,10-11,13,15-16H2,1H3. The van der Waals surface area contributed by atoms with E-state index in [0.29, 0.717) is 6.54 Å². The van der Waals surface area contributed by atoms with Crippen LogP contribution in [0.3, 0.4) is 0 Å². The van der Waals surface area contributed by atoms with Gasteiger partial charge in [0.25, 0.3) is 0 Å². The van der Waals surface area contributed by atoms with E-state index < -0.39 is 0 Å². The van der Waals surface area contributed by atoms with Gasteiger partial charge >= 0.3 is 0 Å². The van der Waals surface area contributed by atoms with E-state index in [4.69, 9.17) is 4.74 Å². The molecule has 4 nitrogen and oxygen atoms in total. The third kappa shape index (κ3) is 4.60. The van der Waals surface area contributed by atoms with E-state index in [-0.39, 0.29) is 11.9 Å². The molecule has 0 saturated carbocycles. The van der Waals surface area contributed by atoms with Crippen LogP contribution in [0.15, 0.2) is 61.2 Å². The zero-order chi connectivity index (χ0) is 19.3. The summed E-state index contributed by atoms with van der Waals surface area (Å²) in [6.07, 6.45) is 7.79. The molecule has 1 unspecified atom stereocenters. The molecule has 28 heavy (non-hydrogen) atoms. The van der Waals surface area contributed by atoms with Gasteiger partial charge in [-0.25, -0.2) is 9.37 Å². The van der Waals surface area contributed by atoms with Crippen LogP contribution in [0.4, 0.5) is 4.39 Å². The van der Waals surface area contributed by atoms with Gasteiger partial charge in [0.15, 0.2) is 0 Å². The summed E-state index contributed by atoms with van der Waals surface area (Å²) in [7, 11) is 0. The minimum atomic E-state index is -0.140. The van der Waals surface area contributed by atoms with Crippen molar-refractivity contribution in [2.45, 2.75) is 45.5 Å². The van der Waals surface area contributed by atoms with E-state index >= 15 is 0 Å². The lowest BCUT2D eigenvalue weighted by Crippen LogP contribution is -2.25. The number of hydrogen-bond acceptors (Lipinski definition) is 3. The van der Waals surface area contributed by atoms with Crippen LogP contribution in [0, 0.1) is 5.82 Å². The van der Waals surface area contributed by atoms with Crippen molar-refractivity contribution in [3.63, 3.8) is 0 Å². The summed E-state index contributed by atoms with van der Waals surface area (Å²) in [5.41, 5.74) is 3.26. The van der Waals surface area contributed by atoms with E-state index in [1.165, 1.54) is 17.2 Å². The van der Waals surface area contributed by atoms with Crippen LogP contribution in [0.25, 0.3) is 0 Å². The highest BCUT2D eigenvalue weighted by Gasteiger charge is 2.19. The topological polar surface area (TPSA) is 30.3 Å². The average molecular weight is 379 g/mol. The van der Waals surface area contributed by atoms with Crippen molar-refractivity contribution >= 4 is 0 Å². The number of nitrogens with zero attached hydrogens (tertiary/aromatic N) is 3. The number of fused-ring (bicyclic) bond motifs is 1. The van der Waals surface area contributed by atoms with Crippen molar-refractivity contribution in [2.24, 2.45) is 0 Å². The molecule has 0 N–H and O–H groups in total. The van der Waals surface area contributed by atoms with E-state index in [0.717, 1.165) is 43.8 Å². The smallest absolute Gasteiger partial charge is 0.127 e. The minimum Gasteiger partial charge on any atom is -0.490 e. The van der Waals surface area contributed by atoms with Crippen LogP contribution in [-0.2, 0) is 26.1 Å². The molecule has 4 rings (SSSR count). The first-order chi connectivity index (χ1) is 13.7. The molecule has 0 radical (unpaired) electrons. The van der Waals surface area contributed by atoms with E-state index in [1.807, 2.05) is 24.7 Å². The van der Waals surface area contributed by atoms with Gasteiger partial charge in [0, 0.05) is 50.6 Å². The molecule has 0 amide bonds. The first-order valence-electron chi connectivity index (χ1n) is 9.87. The van der Waals surface area contributed by atoms with Gasteiger partial charge in [-0.2, -0.15) is 0 Å². The van der Waals surface area contributed by atoms with Crippen LogP contribution in [0.1, 0.15) is 30.0 Å². The molecule has 2 aromatic carbocycles. The Balaban J connectivity index is 1.45. The molecule has 1 aliphatic heterocycles. The molecule has 1 atom stereocenters. The lowest BCUT2D eigenvalue weighted by atomic mass is 10.1. The van der Waals surface area contributed by atoms with Crippen LogP contribution in [0.5, 0.6) is 5.75 Å². The Bertz CT molecular complexity index is 910. The summed E-state index contributed by atoms with van der Waals surface area (Å²) in [4.78, 5) is 6.41. The van der Waals surface area contributed by atoms with Gasteiger partial charge in [-0.1, -0.05) is 30.3 Å². The lowest BCUT2D eigenvalue weighted by Gasteiger charge is -2.23. The quantitative estimate of drug-likeness (QED) is 0.580. The normalized spacial score (nSPS) is 15.6. The molecule has 0 bridgehead atoms. The summed E-state index contributed by atoms with van der Waals surface area (Å²) in [5.74, 6) is 0.857. The summed E-state index contributed by atoms with van der Waals surface area (Å²) in [6, 6.07) is 13.5. The minimum absolute atomic E-state index is 0.140. The molecule has 0 fully saturated rings. The van der Waals surface area contributed by atoms with Gasteiger partial charge in [0.2, 0.25) is 0 Å². The number of benzene rings is 2. The molecular weight excluding hydrogens is 353 g/mol. The molecule has 146 valence electrons.